The number of aromatic nitrogens is 4. The number of halogens is 2. The van der Waals surface area contributed by atoms with E-state index >= 15 is 0 Å². The van der Waals surface area contributed by atoms with Crippen LogP contribution in [0.15, 0.2) is 36.8 Å². The normalized spacial score (nSPS) is 10.7. The lowest BCUT2D eigenvalue weighted by atomic mass is 10.1. The second-order valence-electron chi connectivity index (χ2n) is 5.20. The first-order chi connectivity index (χ1) is 12.1. The molecule has 128 valence electrons. The van der Waals surface area contributed by atoms with Crippen molar-refractivity contribution in [3.8, 4) is 17.1 Å². The summed E-state index contributed by atoms with van der Waals surface area (Å²) in [5.41, 5.74) is 7.59. The topological polar surface area (TPSA) is 86.8 Å². The molecule has 0 bridgehead atoms. The molecule has 0 fully saturated rings. The standard InChI is InChI=1S/C17H15F2N5O/c1-2-25-16-15(11-3-4-13(18)14(19)6-11)24-12(9-21-16)5-10-7-22-17(20)23-8-10/h3-4,6-9H,2,5H2,1H3,(H2,20,22,23). The summed E-state index contributed by atoms with van der Waals surface area (Å²) in [6.07, 6.45) is 5.16. The molecular weight excluding hydrogens is 328 g/mol. The zero-order valence-electron chi connectivity index (χ0n) is 13.4. The number of rotatable bonds is 5. The van der Waals surface area contributed by atoms with E-state index in [1.165, 1.54) is 6.07 Å². The van der Waals surface area contributed by atoms with E-state index in [-0.39, 0.29) is 11.8 Å². The number of nitrogens with two attached hydrogens (primary N) is 1. The molecule has 0 saturated carbocycles. The third-order valence-corrected chi connectivity index (χ3v) is 3.37. The summed E-state index contributed by atoms with van der Waals surface area (Å²) in [5, 5.41) is 0. The van der Waals surface area contributed by atoms with Crippen molar-refractivity contribution in [2.75, 3.05) is 12.3 Å². The first-order valence-corrected chi connectivity index (χ1v) is 7.57. The van der Waals surface area contributed by atoms with Gasteiger partial charge in [0.2, 0.25) is 11.8 Å². The molecule has 0 aliphatic rings. The molecule has 0 radical (unpaired) electrons. The fraction of sp³-hybridized carbons (Fsp3) is 0.176. The summed E-state index contributed by atoms with van der Waals surface area (Å²) in [7, 11) is 0. The first kappa shape index (κ1) is 16.7. The molecule has 2 aromatic heterocycles. The number of ether oxygens (including phenoxy) is 1. The molecule has 0 atom stereocenters. The van der Waals surface area contributed by atoms with Gasteiger partial charge in [-0.05, 0) is 30.7 Å². The zero-order valence-corrected chi connectivity index (χ0v) is 13.4. The van der Waals surface area contributed by atoms with Gasteiger partial charge < -0.3 is 10.5 Å². The molecule has 2 N–H and O–H groups in total. The fourth-order valence-electron chi connectivity index (χ4n) is 2.24. The molecule has 6 nitrogen and oxygen atoms in total. The highest BCUT2D eigenvalue weighted by molar-refractivity contribution is 5.64. The van der Waals surface area contributed by atoms with Crippen LogP contribution in [0.3, 0.4) is 0 Å². The Morgan fingerprint density at radius 1 is 1.04 bits per heavy atom. The van der Waals surface area contributed by atoms with Gasteiger partial charge in [-0.1, -0.05) is 0 Å². The number of nitrogens with zero attached hydrogens (tertiary/aromatic N) is 4. The van der Waals surface area contributed by atoms with Gasteiger partial charge in [-0.2, -0.15) is 0 Å². The highest BCUT2D eigenvalue weighted by atomic mass is 19.2. The van der Waals surface area contributed by atoms with Gasteiger partial charge in [-0.25, -0.2) is 28.7 Å². The molecule has 0 amide bonds. The highest BCUT2D eigenvalue weighted by Gasteiger charge is 2.14. The molecule has 8 heteroatoms. The molecule has 3 rings (SSSR count). The second-order valence-corrected chi connectivity index (χ2v) is 5.20. The van der Waals surface area contributed by atoms with Gasteiger partial charge in [-0.3, -0.25) is 0 Å². The van der Waals surface area contributed by atoms with Crippen molar-refractivity contribution in [2.45, 2.75) is 13.3 Å². The van der Waals surface area contributed by atoms with E-state index in [1.807, 2.05) is 0 Å². The SMILES string of the molecule is CCOc1ncc(Cc2cnc(N)nc2)nc1-c1ccc(F)c(F)c1. The summed E-state index contributed by atoms with van der Waals surface area (Å²) in [6.45, 7) is 2.17. The van der Waals surface area contributed by atoms with Crippen LogP contribution in [0.25, 0.3) is 11.3 Å². The summed E-state index contributed by atoms with van der Waals surface area (Å²) in [4.78, 5) is 16.6. The summed E-state index contributed by atoms with van der Waals surface area (Å²) in [5.74, 6) is -1.45. The number of benzene rings is 1. The Labute approximate surface area is 142 Å². The Bertz CT molecular complexity index is 887. The van der Waals surface area contributed by atoms with Crippen LogP contribution in [0.2, 0.25) is 0 Å². The second kappa shape index (κ2) is 7.16. The number of hydrogen-bond acceptors (Lipinski definition) is 6. The Kier molecular flexibility index (Phi) is 4.78. The van der Waals surface area contributed by atoms with E-state index in [1.54, 1.807) is 25.5 Å². The van der Waals surface area contributed by atoms with Gasteiger partial charge in [0, 0.05) is 24.4 Å². The molecule has 1 aromatic carbocycles. The van der Waals surface area contributed by atoms with Crippen LogP contribution in [-0.4, -0.2) is 26.5 Å². The van der Waals surface area contributed by atoms with Crippen LogP contribution in [0.1, 0.15) is 18.2 Å². The maximum atomic E-state index is 13.6. The van der Waals surface area contributed by atoms with Crippen molar-refractivity contribution in [3.63, 3.8) is 0 Å². The molecule has 0 spiro atoms. The smallest absolute Gasteiger partial charge is 0.240 e. The van der Waals surface area contributed by atoms with Crippen molar-refractivity contribution in [3.05, 3.63) is 59.7 Å². The maximum absolute atomic E-state index is 13.6. The Morgan fingerprint density at radius 2 is 1.80 bits per heavy atom. The van der Waals surface area contributed by atoms with Gasteiger partial charge in [0.15, 0.2) is 11.6 Å². The fourth-order valence-corrected chi connectivity index (χ4v) is 2.24. The maximum Gasteiger partial charge on any atom is 0.240 e. The molecule has 0 saturated heterocycles. The quantitative estimate of drug-likeness (QED) is 0.766. The number of nitrogen functional groups attached to an aromatic ring is 1. The first-order valence-electron chi connectivity index (χ1n) is 7.57. The zero-order chi connectivity index (χ0) is 17.8. The lowest BCUT2D eigenvalue weighted by Gasteiger charge is -2.10. The summed E-state index contributed by atoms with van der Waals surface area (Å²) in [6, 6.07) is 3.54. The predicted molar refractivity (Wildman–Crippen MR) is 87.8 cm³/mol. The largest absolute Gasteiger partial charge is 0.476 e. The van der Waals surface area contributed by atoms with Crippen molar-refractivity contribution in [2.24, 2.45) is 0 Å². The summed E-state index contributed by atoms with van der Waals surface area (Å²) < 4.78 is 32.2. The minimum absolute atomic E-state index is 0.184. The number of anilines is 1. The van der Waals surface area contributed by atoms with Crippen molar-refractivity contribution in [1.82, 2.24) is 19.9 Å². The Hall–Kier alpha value is -3.16. The molecule has 0 unspecified atom stereocenters. The molecular formula is C17H15F2N5O. The molecule has 3 aromatic rings. The lowest BCUT2D eigenvalue weighted by molar-refractivity contribution is 0.326. The average molecular weight is 343 g/mol. The van der Waals surface area contributed by atoms with Gasteiger partial charge >= 0.3 is 0 Å². The summed E-state index contributed by atoms with van der Waals surface area (Å²) >= 11 is 0. The van der Waals surface area contributed by atoms with Crippen LogP contribution in [0.5, 0.6) is 5.88 Å². The van der Waals surface area contributed by atoms with Crippen LogP contribution < -0.4 is 10.5 Å². The third kappa shape index (κ3) is 3.85. The van der Waals surface area contributed by atoms with E-state index in [4.69, 9.17) is 10.5 Å². The van der Waals surface area contributed by atoms with Crippen molar-refractivity contribution in [1.29, 1.82) is 0 Å². The van der Waals surface area contributed by atoms with E-state index in [9.17, 15) is 8.78 Å². The number of hydrogen-bond donors (Lipinski definition) is 1. The van der Waals surface area contributed by atoms with Crippen molar-refractivity contribution >= 4 is 5.95 Å². The third-order valence-electron chi connectivity index (χ3n) is 3.37. The predicted octanol–water partition coefficient (Wildman–Crippen LogP) is 2.78. The average Bonchev–Trinajstić information content (AvgIpc) is 2.61. The van der Waals surface area contributed by atoms with Gasteiger partial charge in [-0.15, -0.1) is 0 Å². The van der Waals surface area contributed by atoms with Crippen LogP contribution >= 0.6 is 0 Å². The minimum Gasteiger partial charge on any atom is -0.476 e. The van der Waals surface area contributed by atoms with E-state index < -0.39 is 11.6 Å². The Morgan fingerprint density at radius 3 is 2.48 bits per heavy atom. The molecule has 25 heavy (non-hydrogen) atoms. The monoisotopic (exact) mass is 343 g/mol. The molecule has 0 aliphatic carbocycles. The lowest BCUT2D eigenvalue weighted by Crippen LogP contribution is -2.04. The molecule has 2 heterocycles. The van der Waals surface area contributed by atoms with Gasteiger partial charge in [0.05, 0.1) is 18.5 Å². The van der Waals surface area contributed by atoms with E-state index in [0.717, 1.165) is 17.7 Å². The molecule has 0 aliphatic heterocycles. The van der Waals surface area contributed by atoms with Crippen LogP contribution in [0.4, 0.5) is 14.7 Å². The van der Waals surface area contributed by atoms with Gasteiger partial charge in [0.25, 0.3) is 0 Å². The highest BCUT2D eigenvalue weighted by Crippen LogP contribution is 2.28. The van der Waals surface area contributed by atoms with Gasteiger partial charge in [0.1, 0.15) is 5.69 Å². The van der Waals surface area contributed by atoms with Crippen molar-refractivity contribution < 1.29 is 13.5 Å². The van der Waals surface area contributed by atoms with E-state index in [0.29, 0.717) is 30.0 Å². The Balaban J connectivity index is 1.99. The minimum atomic E-state index is -0.959. The van der Waals surface area contributed by atoms with E-state index in [2.05, 4.69) is 19.9 Å². The van der Waals surface area contributed by atoms with Crippen LogP contribution in [0, 0.1) is 11.6 Å². The van der Waals surface area contributed by atoms with Crippen LogP contribution in [-0.2, 0) is 6.42 Å².